The summed E-state index contributed by atoms with van der Waals surface area (Å²) in [4.78, 5) is 35.8. The highest BCUT2D eigenvalue weighted by atomic mass is 31.2. The van der Waals surface area contributed by atoms with E-state index in [0.29, 0.717) is 23.9 Å². The molecule has 9 nitrogen and oxygen atoms in total. The van der Waals surface area contributed by atoms with Crippen LogP contribution in [0.4, 0.5) is 0 Å². The minimum Gasteiger partial charge on any atom is -0.462 e. The van der Waals surface area contributed by atoms with Crippen molar-refractivity contribution < 1.29 is 42.1 Å². The lowest BCUT2D eigenvalue weighted by Crippen LogP contribution is -2.37. The van der Waals surface area contributed by atoms with Crippen LogP contribution in [0.1, 0.15) is 296 Å². The molecule has 0 aromatic heterocycles. The summed E-state index contributed by atoms with van der Waals surface area (Å²) in [7, 11) is 1.48. The fourth-order valence-electron chi connectivity index (χ4n) is 9.35. The molecular formula is C70H127NO8P+. The van der Waals surface area contributed by atoms with E-state index >= 15 is 0 Å². The number of likely N-dealkylation sites (N-methyl/N-ethyl adjacent to an activating group) is 1. The van der Waals surface area contributed by atoms with Gasteiger partial charge < -0.3 is 18.9 Å². The molecule has 0 spiro atoms. The quantitative estimate of drug-likeness (QED) is 0.0211. The van der Waals surface area contributed by atoms with E-state index in [-0.39, 0.29) is 25.6 Å². The number of phosphoric ester groups is 1. The number of hydrogen-bond donors (Lipinski definition) is 1. The van der Waals surface area contributed by atoms with Gasteiger partial charge in [0.2, 0.25) is 0 Å². The Morgan fingerprint density at radius 2 is 0.713 bits per heavy atom. The average Bonchev–Trinajstić information content (AvgIpc) is 3.42. The molecule has 0 bridgehead atoms. The molecular weight excluding hydrogens is 1010 g/mol. The third-order valence-electron chi connectivity index (χ3n) is 14.4. The molecule has 2 atom stereocenters. The molecule has 0 aromatic rings. The van der Waals surface area contributed by atoms with Gasteiger partial charge in [-0.3, -0.25) is 18.6 Å². The number of quaternary nitrogens is 1. The lowest BCUT2D eigenvalue weighted by Gasteiger charge is -2.24. The Labute approximate surface area is 494 Å². The summed E-state index contributed by atoms with van der Waals surface area (Å²) < 4.78 is 34.7. The van der Waals surface area contributed by atoms with Gasteiger partial charge in [0.25, 0.3) is 0 Å². The van der Waals surface area contributed by atoms with Crippen LogP contribution in [0.25, 0.3) is 0 Å². The van der Waals surface area contributed by atoms with Crippen LogP contribution in [0.5, 0.6) is 0 Å². The monoisotopic (exact) mass is 1140 g/mol. The van der Waals surface area contributed by atoms with E-state index in [1.165, 1.54) is 180 Å². The Morgan fingerprint density at radius 3 is 1.06 bits per heavy atom. The lowest BCUT2D eigenvalue weighted by atomic mass is 10.0. The molecule has 464 valence electrons. The van der Waals surface area contributed by atoms with Crippen LogP contribution in [-0.2, 0) is 32.7 Å². The Hall–Kier alpha value is -2.81. The van der Waals surface area contributed by atoms with Gasteiger partial charge in [-0.15, -0.1) is 0 Å². The fourth-order valence-corrected chi connectivity index (χ4v) is 10.1. The second-order valence-corrected chi connectivity index (χ2v) is 24.9. The molecule has 0 aliphatic carbocycles. The van der Waals surface area contributed by atoms with Crippen molar-refractivity contribution in [1.82, 2.24) is 0 Å². The second kappa shape index (κ2) is 60.8. The summed E-state index contributed by atoms with van der Waals surface area (Å²) in [6, 6.07) is 0. The molecule has 0 saturated carbocycles. The van der Waals surface area contributed by atoms with Crippen LogP contribution in [0.3, 0.4) is 0 Å². The van der Waals surface area contributed by atoms with Crippen LogP contribution >= 0.6 is 7.82 Å². The van der Waals surface area contributed by atoms with Crippen LogP contribution in [0.2, 0.25) is 0 Å². The topological polar surface area (TPSA) is 108 Å². The number of carbonyl (C=O) groups excluding carboxylic acids is 2. The molecule has 0 amide bonds. The van der Waals surface area contributed by atoms with Crippen molar-refractivity contribution >= 4 is 19.8 Å². The third-order valence-corrected chi connectivity index (χ3v) is 15.4. The third kappa shape index (κ3) is 64.4. The molecule has 0 fully saturated rings. The number of rotatable bonds is 61. The van der Waals surface area contributed by atoms with Crippen LogP contribution < -0.4 is 0 Å². The number of unbranched alkanes of at least 4 members (excludes halogenated alkanes) is 33. The maximum Gasteiger partial charge on any atom is 0.472 e. The van der Waals surface area contributed by atoms with E-state index in [1.807, 2.05) is 21.1 Å². The van der Waals surface area contributed by atoms with Crippen molar-refractivity contribution in [3.8, 4) is 0 Å². The summed E-state index contributed by atoms with van der Waals surface area (Å²) in [6.07, 6.45) is 82.4. The largest absolute Gasteiger partial charge is 0.472 e. The van der Waals surface area contributed by atoms with Gasteiger partial charge in [-0.25, -0.2) is 4.57 Å². The number of nitrogens with zero attached hydrogens (tertiary/aromatic N) is 1. The molecule has 0 saturated heterocycles. The zero-order valence-electron chi connectivity index (χ0n) is 52.8. The molecule has 0 aliphatic heterocycles. The second-order valence-electron chi connectivity index (χ2n) is 23.5. The first kappa shape index (κ1) is 77.2. The standard InChI is InChI=1S/C70H126NO8P/c1-6-8-10-12-14-16-18-20-22-24-26-28-29-30-31-32-33-34-35-36-37-38-39-40-41-43-45-47-49-51-53-55-57-59-61-63-70(73)79-68(67-78-80(74,75)77-65-64-71(3,4)5)66-76-69(72)62-60-58-56-54-52-50-48-46-44-42-27-25-23-21-19-17-15-13-11-9-7-2/h8,10,14,16,20,22,26,28,30-31,33-34,36-37,68H,6-7,9,11-13,15,17-19,21,23-25,27,29,32,35,38-67H2,1-5H3/p+1/b10-8-,16-14-,22-20-,28-26-,31-30-,34-33-,37-36-. The number of hydrogen-bond acceptors (Lipinski definition) is 7. The Morgan fingerprint density at radius 1 is 0.400 bits per heavy atom. The molecule has 1 N–H and O–H groups in total. The molecule has 0 aromatic carbocycles. The molecule has 0 rings (SSSR count). The smallest absolute Gasteiger partial charge is 0.462 e. The van der Waals surface area contributed by atoms with Crippen molar-refractivity contribution in [3.63, 3.8) is 0 Å². The normalized spacial score (nSPS) is 13.7. The summed E-state index contributed by atoms with van der Waals surface area (Å²) >= 11 is 0. The summed E-state index contributed by atoms with van der Waals surface area (Å²) in [5.74, 6) is -0.788. The van der Waals surface area contributed by atoms with E-state index < -0.39 is 26.5 Å². The van der Waals surface area contributed by atoms with Gasteiger partial charge in [-0.05, 0) is 70.6 Å². The highest BCUT2D eigenvalue weighted by molar-refractivity contribution is 7.47. The van der Waals surface area contributed by atoms with Crippen molar-refractivity contribution in [3.05, 3.63) is 85.1 Å². The molecule has 0 radical (unpaired) electrons. The highest BCUT2D eigenvalue weighted by Gasteiger charge is 2.27. The summed E-state index contributed by atoms with van der Waals surface area (Å²) in [5.41, 5.74) is 0. The van der Waals surface area contributed by atoms with E-state index in [1.54, 1.807) is 0 Å². The zero-order chi connectivity index (χ0) is 58.4. The molecule has 10 heteroatoms. The van der Waals surface area contributed by atoms with Crippen molar-refractivity contribution in [2.24, 2.45) is 0 Å². The zero-order valence-corrected chi connectivity index (χ0v) is 53.7. The maximum atomic E-state index is 12.9. The number of allylic oxidation sites excluding steroid dienone is 14. The highest BCUT2D eigenvalue weighted by Crippen LogP contribution is 2.43. The minimum absolute atomic E-state index is 0.0308. The van der Waals surface area contributed by atoms with Gasteiger partial charge in [0, 0.05) is 12.8 Å². The summed E-state index contributed by atoms with van der Waals surface area (Å²) in [6.45, 7) is 4.36. The number of phosphoric acid groups is 1. The van der Waals surface area contributed by atoms with Gasteiger partial charge in [0.15, 0.2) is 6.10 Å². The average molecular weight is 1140 g/mol. The van der Waals surface area contributed by atoms with Crippen molar-refractivity contribution in [1.29, 1.82) is 0 Å². The van der Waals surface area contributed by atoms with Crippen LogP contribution in [0, 0.1) is 0 Å². The maximum absolute atomic E-state index is 12.9. The number of carbonyl (C=O) groups is 2. The SMILES string of the molecule is CC/C=C\C/C=C\C/C=C\C/C=C\C/C=C\C/C=C\C/C=C\CCCCCCCCCCCCCCCC(=O)OC(COC(=O)CCCCCCCCCCCCCCCCCCCCCCC)COP(=O)(O)OCC[N+](C)(C)C. The molecule has 2 unspecified atom stereocenters. The van der Waals surface area contributed by atoms with Gasteiger partial charge >= 0.3 is 19.8 Å². The van der Waals surface area contributed by atoms with E-state index in [2.05, 4.69) is 98.9 Å². The minimum atomic E-state index is -4.39. The number of ether oxygens (including phenoxy) is 2. The lowest BCUT2D eigenvalue weighted by molar-refractivity contribution is -0.870. The van der Waals surface area contributed by atoms with E-state index in [0.717, 1.165) is 83.5 Å². The Bertz CT molecular complexity index is 1630. The first-order valence-electron chi connectivity index (χ1n) is 33.3. The van der Waals surface area contributed by atoms with Gasteiger partial charge in [0.1, 0.15) is 19.8 Å². The number of esters is 2. The van der Waals surface area contributed by atoms with Gasteiger partial charge in [-0.1, -0.05) is 298 Å². The van der Waals surface area contributed by atoms with Gasteiger partial charge in [0.05, 0.1) is 27.7 Å². The Kier molecular flexibility index (Phi) is 58.6. The first-order chi connectivity index (χ1) is 39.0. The van der Waals surface area contributed by atoms with Crippen LogP contribution in [0.15, 0.2) is 85.1 Å². The molecule has 80 heavy (non-hydrogen) atoms. The Balaban J connectivity index is 4.06. The first-order valence-corrected chi connectivity index (χ1v) is 34.8. The van der Waals surface area contributed by atoms with E-state index in [4.69, 9.17) is 18.5 Å². The molecule has 0 heterocycles. The predicted molar refractivity (Wildman–Crippen MR) is 344 cm³/mol. The van der Waals surface area contributed by atoms with Crippen molar-refractivity contribution in [2.45, 2.75) is 302 Å². The fraction of sp³-hybridized carbons (Fsp3) is 0.771. The summed E-state index contributed by atoms with van der Waals surface area (Å²) in [5, 5.41) is 0. The van der Waals surface area contributed by atoms with Gasteiger partial charge in [-0.2, -0.15) is 0 Å². The van der Waals surface area contributed by atoms with Crippen LogP contribution in [-0.4, -0.2) is 74.9 Å². The van der Waals surface area contributed by atoms with Crippen molar-refractivity contribution in [2.75, 3.05) is 47.5 Å². The van der Waals surface area contributed by atoms with E-state index in [9.17, 15) is 19.0 Å². The molecule has 0 aliphatic rings. The predicted octanol–water partition coefficient (Wildman–Crippen LogP) is 21.4.